The first kappa shape index (κ1) is 98.1. The third-order valence-electron chi connectivity index (χ3n) is 18.8. The molecule has 0 saturated carbocycles. The zero-order chi connectivity index (χ0) is 73.8. The van der Waals surface area contributed by atoms with Gasteiger partial charge in [0.2, 0.25) is 0 Å². The molecule has 0 fully saturated rings. The molecule has 5 atom stereocenters. The second kappa shape index (κ2) is 70.1. The highest BCUT2D eigenvalue weighted by molar-refractivity contribution is 7.47. The molecule has 0 rings (SSSR count). The lowest BCUT2D eigenvalue weighted by Gasteiger charge is -2.21. The number of hydrogen-bond donors (Lipinski definition) is 3. The number of rotatable bonds is 78. The predicted octanol–water partition coefficient (Wildman–Crippen LogP) is 24.0. The normalized spacial score (nSPS) is 14.0. The number of aliphatic hydroxyl groups is 1. The van der Waals surface area contributed by atoms with Crippen molar-refractivity contribution in [3.05, 3.63) is 0 Å². The minimum atomic E-state index is -4.96. The maximum absolute atomic E-state index is 13.1. The summed E-state index contributed by atoms with van der Waals surface area (Å²) < 4.78 is 68.7. The molecular formula is C81H158O17P2. The molecule has 0 aromatic carbocycles. The summed E-state index contributed by atoms with van der Waals surface area (Å²) >= 11 is 0. The van der Waals surface area contributed by atoms with E-state index in [-0.39, 0.29) is 25.7 Å². The van der Waals surface area contributed by atoms with Gasteiger partial charge in [-0.15, -0.1) is 0 Å². The van der Waals surface area contributed by atoms with Gasteiger partial charge in [-0.05, 0) is 49.4 Å². The summed E-state index contributed by atoms with van der Waals surface area (Å²) in [6.45, 7) is 14.2. The van der Waals surface area contributed by atoms with E-state index in [0.717, 1.165) is 114 Å². The zero-order valence-electron chi connectivity index (χ0n) is 65.8. The van der Waals surface area contributed by atoms with Crippen LogP contribution in [0.15, 0.2) is 0 Å². The van der Waals surface area contributed by atoms with E-state index in [1.54, 1.807) is 0 Å². The Morgan fingerprint density at radius 3 is 0.620 bits per heavy atom. The predicted molar refractivity (Wildman–Crippen MR) is 409 cm³/mol. The topological polar surface area (TPSA) is 237 Å². The van der Waals surface area contributed by atoms with Crippen molar-refractivity contribution in [1.82, 2.24) is 0 Å². The SMILES string of the molecule is CC(C)CCCCCCCCCCCCCCCCCCCCC(=O)O[C@H](COC(=O)CCCCCCCCCCCCCCCC(C)C)COP(=O)(O)OCC(O)COP(=O)(O)OC[C@@H](COC(=O)CCCCCCCCCC(C)C)OC(=O)CCCCCCCCCCCCC(C)C. The third kappa shape index (κ3) is 74.3. The Bertz CT molecular complexity index is 1950. The summed E-state index contributed by atoms with van der Waals surface area (Å²) in [6.07, 6.45) is 57.0. The van der Waals surface area contributed by atoms with Gasteiger partial charge in [0, 0.05) is 25.7 Å². The van der Waals surface area contributed by atoms with Crippen LogP contribution in [-0.2, 0) is 65.4 Å². The molecule has 3 N–H and O–H groups in total. The molecule has 0 bridgehead atoms. The maximum atomic E-state index is 13.1. The maximum Gasteiger partial charge on any atom is 0.472 e. The molecule has 0 aliphatic rings. The zero-order valence-corrected chi connectivity index (χ0v) is 67.6. The van der Waals surface area contributed by atoms with Crippen LogP contribution in [0.25, 0.3) is 0 Å². The van der Waals surface area contributed by atoms with Gasteiger partial charge in [-0.1, -0.05) is 364 Å². The molecule has 0 aromatic heterocycles. The lowest BCUT2D eigenvalue weighted by atomic mass is 10.0. The Hall–Kier alpha value is -1.94. The van der Waals surface area contributed by atoms with Crippen molar-refractivity contribution in [3.63, 3.8) is 0 Å². The molecule has 19 heteroatoms. The van der Waals surface area contributed by atoms with Crippen molar-refractivity contribution in [3.8, 4) is 0 Å². The Balaban J connectivity index is 5.23. The summed E-state index contributed by atoms with van der Waals surface area (Å²) in [7, 11) is -9.92. The fraction of sp³-hybridized carbons (Fsp3) is 0.951. The van der Waals surface area contributed by atoms with Crippen molar-refractivity contribution >= 4 is 39.5 Å². The quantitative estimate of drug-likeness (QED) is 0.0222. The number of phosphoric acid groups is 2. The second-order valence-electron chi connectivity index (χ2n) is 31.1. The first-order valence-electron chi connectivity index (χ1n) is 41.7. The summed E-state index contributed by atoms with van der Waals surface area (Å²) in [5.74, 6) is 0.953. The first-order valence-corrected chi connectivity index (χ1v) is 44.7. The van der Waals surface area contributed by atoms with E-state index in [4.69, 9.17) is 37.0 Å². The van der Waals surface area contributed by atoms with Crippen molar-refractivity contribution < 1.29 is 80.2 Å². The molecule has 17 nitrogen and oxygen atoms in total. The molecular weight excluding hydrogens is 1310 g/mol. The average Bonchev–Trinajstić information content (AvgIpc) is 0.919. The van der Waals surface area contributed by atoms with E-state index in [9.17, 15) is 43.2 Å². The van der Waals surface area contributed by atoms with Crippen LogP contribution in [0, 0.1) is 23.7 Å². The number of aliphatic hydroxyl groups excluding tert-OH is 1. The number of ether oxygens (including phenoxy) is 4. The molecule has 100 heavy (non-hydrogen) atoms. The van der Waals surface area contributed by atoms with E-state index < -0.39 is 97.5 Å². The minimum Gasteiger partial charge on any atom is -0.462 e. The lowest BCUT2D eigenvalue weighted by Crippen LogP contribution is -2.30. The van der Waals surface area contributed by atoms with Gasteiger partial charge in [-0.2, -0.15) is 0 Å². The smallest absolute Gasteiger partial charge is 0.462 e. The summed E-state index contributed by atoms with van der Waals surface area (Å²) in [4.78, 5) is 73.0. The number of unbranched alkanes of at least 4 members (excludes halogenated alkanes) is 44. The van der Waals surface area contributed by atoms with Crippen LogP contribution < -0.4 is 0 Å². The monoisotopic (exact) mass is 1470 g/mol. The van der Waals surface area contributed by atoms with Gasteiger partial charge in [0.15, 0.2) is 12.2 Å². The van der Waals surface area contributed by atoms with Crippen LogP contribution in [0.5, 0.6) is 0 Å². The number of carbonyl (C=O) groups is 4. The summed E-state index contributed by atoms with van der Waals surface area (Å²) in [5, 5.41) is 10.6. The molecule has 0 heterocycles. The molecule has 0 aromatic rings. The van der Waals surface area contributed by atoms with Crippen molar-refractivity contribution in [2.75, 3.05) is 39.6 Å². The van der Waals surface area contributed by atoms with Gasteiger partial charge in [-0.25, -0.2) is 9.13 Å². The standard InChI is InChI=1S/C81H158O17P2/c1-71(2)57-49-41-33-26-20-16-13-11-9-10-12-14-18-23-30-38-47-55-63-80(85)97-76(67-91-78(83)61-53-45-37-29-22-19-15-17-21-27-34-42-50-58-72(3)4)69-95-99(87,88)93-65-75(82)66-94-100(89,90)96-70-77(68-92-79(84)62-54-46-40-32-36-44-52-60-74(7)8)98-81(86)64-56-48-39-31-25-24-28-35-43-51-59-73(5)6/h71-77,82H,9-70H2,1-8H3,(H,87,88)(H,89,90)/t75?,76-,77-/m1/s1. The Morgan fingerprint density at radius 1 is 0.250 bits per heavy atom. The Labute approximate surface area is 613 Å². The summed E-state index contributed by atoms with van der Waals surface area (Å²) in [5.41, 5.74) is 0. The molecule has 0 aliphatic carbocycles. The molecule has 0 radical (unpaired) electrons. The van der Waals surface area contributed by atoms with Crippen LogP contribution in [0.2, 0.25) is 0 Å². The molecule has 594 valence electrons. The van der Waals surface area contributed by atoms with Crippen LogP contribution >= 0.6 is 15.6 Å². The van der Waals surface area contributed by atoms with Crippen LogP contribution in [0.1, 0.15) is 415 Å². The Morgan fingerprint density at radius 2 is 0.420 bits per heavy atom. The first-order chi connectivity index (χ1) is 48.1. The van der Waals surface area contributed by atoms with Gasteiger partial charge in [-0.3, -0.25) is 37.3 Å². The fourth-order valence-corrected chi connectivity index (χ4v) is 14.0. The molecule has 0 amide bonds. The average molecular weight is 1470 g/mol. The molecule has 0 spiro atoms. The van der Waals surface area contributed by atoms with Gasteiger partial charge in [0.05, 0.1) is 26.4 Å². The van der Waals surface area contributed by atoms with Crippen LogP contribution in [-0.4, -0.2) is 96.7 Å². The largest absolute Gasteiger partial charge is 0.472 e. The van der Waals surface area contributed by atoms with E-state index >= 15 is 0 Å². The second-order valence-corrected chi connectivity index (χ2v) is 34.0. The van der Waals surface area contributed by atoms with Crippen molar-refractivity contribution in [2.45, 2.75) is 433 Å². The number of esters is 4. The highest BCUT2D eigenvalue weighted by atomic mass is 31.2. The van der Waals surface area contributed by atoms with Crippen molar-refractivity contribution in [1.29, 1.82) is 0 Å². The minimum absolute atomic E-state index is 0.105. The van der Waals surface area contributed by atoms with E-state index in [0.29, 0.717) is 31.6 Å². The van der Waals surface area contributed by atoms with Gasteiger partial charge in [0.25, 0.3) is 0 Å². The summed E-state index contributed by atoms with van der Waals surface area (Å²) in [6, 6.07) is 0. The molecule has 0 saturated heterocycles. The highest BCUT2D eigenvalue weighted by Crippen LogP contribution is 2.45. The number of carbonyl (C=O) groups excluding carboxylic acids is 4. The van der Waals surface area contributed by atoms with E-state index in [1.807, 2.05) is 0 Å². The third-order valence-corrected chi connectivity index (χ3v) is 20.7. The molecule has 3 unspecified atom stereocenters. The Kier molecular flexibility index (Phi) is 68.7. The van der Waals surface area contributed by atoms with Gasteiger partial charge in [0.1, 0.15) is 19.3 Å². The fourth-order valence-electron chi connectivity index (χ4n) is 12.4. The van der Waals surface area contributed by atoms with Gasteiger partial charge < -0.3 is 33.8 Å². The molecule has 0 aliphatic heterocycles. The number of hydrogen-bond acceptors (Lipinski definition) is 15. The van der Waals surface area contributed by atoms with E-state index in [1.165, 1.54) is 212 Å². The van der Waals surface area contributed by atoms with E-state index in [2.05, 4.69) is 55.4 Å². The van der Waals surface area contributed by atoms with Crippen LogP contribution in [0.4, 0.5) is 0 Å². The highest BCUT2D eigenvalue weighted by Gasteiger charge is 2.30. The van der Waals surface area contributed by atoms with Crippen molar-refractivity contribution in [2.24, 2.45) is 23.7 Å². The van der Waals surface area contributed by atoms with Crippen LogP contribution in [0.3, 0.4) is 0 Å². The lowest BCUT2D eigenvalue weighted by molar-refractivity contribution is -0.161. The van der Waals surface area contributed by atoms with Gasteiger partial charge >= 0.3 is 39.5 Å². The number of phosphoric ester groups is 2.